The Hall–Kier alpha value is -3.03. The number of aromatic amines is 1. The molecule has 0 saturated heterocycles. The fourth-order valence-corrected chi connectivity index (χ4v) is 3.25. The van der Waals surface area contributed by atoms with Crippen molar-refractivity contribution in [3.05, 3.63) is 30.0 Å². The SMILES string of the molecule is CCCOC(=O)N1CCCn2nc(-c3nc4ccc(OC)cc4[nH]3)cc2C1. The highest BCUT2D eigenvalue weighted by molar-refractivity contribution is 5.80. The lowest BCUT2D eigenvalue weighted by atomic mass is 10.3. The van der Waals surface area contributed by atoms with Crippen molar-refractivity contribution in [2.45, 2.75) is 32.9 Å². The van der Waals surface area contributed by atoms with Gasteiger partial charge in [0.1, 0.15) is 11.4 Å². The smallest absolute Gasteiger partial charge is 0.410 e. The number of hydrogen-bond acceptors (Lipinski definition) is 5. The van der Waals surface area contributed by atoms with E-state index in [1.807, 2.05) is 35.9 Å². The van der Waals surface area contributed by atoms with Crippen LogP contribution in [-0.2, 0) is 17.8 Å². The largest absolute Gasteiger partial charge is 0.497 e. The van der Waals surface area contributed by atoms with Gasteiger partial charge in [0.25, 0.3) is 0 Å². The van der Waals surface area contributed by atoms with Crippen LogP contribution in [0.3, 0.4) is 0 Å². The van der Waals surface area contributed by atoms with Gasteiger partial charge >= 0.3 is 6.09 Å². The molecule has 1 aromatic carbocycles. The number of imidazole rings is 1. The van der Waals surface area contributed by atoms with E-state index in [-0.39, 0.29) is 6.09 Å². The van der Waals surface area contributed by atoms with Crippen LogP contribution in [0, 0.1) is 0 Å². The van der Waals surface area contributed by atoms with Crippen LogP contribution in [0.25, 0.3) is 22.6 Å². The molecule has 27 heavy (non-hydrogen) atoms. The van der Waals surface area contributed by atoms with Crippen molar-refractivity contribution in [2.24, 2.45) is 0 Å². The van der Waals surface area contributed by atoms with E-state index < -0.39 is 0 Å². The van der Waals surface area contributed by atoms with Gasteiger partial charge in [-0.2, -0.15) is 5.10 Å². The molecule has 0 radical (unpaired) electrons. The molecule has 3 aromatic rings. The minimum Gasteiger partial charge on any atom is -0.497 e. The first-order valence-electron chi connectivity index (χ1n) is 9.20. The molecule has 1 aliphatic rings. The van der Waals surface area contributed by atoms with Crippen molar-refractivity contribution >= 4 is 17.1 Å². The van der Waals surface area contributed by atoms with Gasteiger partial charge in [-0.15, -0.1) is 0 Å². The van der Waals surface area contributed by atoms with E-state index in [1.54, 1.807) is 12.0 Å². The third-order valence-corrected chi connectivity index (χ3v) is 4.63. The number of benzene rings is 1. The summed E-state index contributed by atoms with van der Waals surface area (Å²) in [6, 6.07) is 7.70. The number of H-pyrrole nitrogens is 1. The number of hydrogen-bond donors (Lipinski definition) is 1. The molecular formula is C19H23N5O3. The van der Waals surface area contributed by atoms with Crippen LogP contribution < -0.4 is 4.74 Å². The third-order valence-electron chi connectivity index (χ3n) is 4.63. The van der Waals surface area contributed by atoms with Gasteiger partial charge in [0.2, 0.25) is 0 Å². The Morgan fingerprint density at radius 3 is 3.00 bits per heavy atom. The van der Waals surface area contributed by atoms with Gasteiger partial charge in [0.05, 0.1) is 37.0 Å². The molecular weight excluding hydrogens is 346 g/mol. The van der Waals surface area contributed by atoms with E-state index in [0.29, 0.717) is 25.5 Å². The molecule has 0 atom stereocenters. The molecule has 0 saturated carbocycles. The Kier molecular flexibility index (Phi) is 4.70. The topological polar surface area (TPSA) is 85.3 Å². The van der Waals surface area contributed by atoms with E-state index in [9.17, 15) is 4.79 Å². The maximum absolute atomic E-state index is 12.2. The first-order valence-corrected chi connectivity index (χ1v) is 9.20. The predicted molar refractivity (Wildman–Crippen MR) is 101 cm³/mol. The first kappa shape index (κ1) is 17.4. The average Bonchev–Trinajstić information content (AvgIpc) is 3.23. The molecule has 8 heteroatoms. The van der Waals surface area contributed by atoms with Gasteiger partial charge < -0.3 is 19.4 Å². The van der Waals surface area contributed by atoms with Gasteiger partial charge in [-0.3, -0.25) is 4.68 Å². The van der Waals surface area contributed by atoms with Gasteiger partial charge in [-0.05, 0) is 31.0 Å². The number of nitrogens with one attached hydrogen (secondary N) is 1. The number of carbonyl (C=O) groups excluding carboxylic acids is 1. The Morgan fingerprint density at radius 2 is 2.19 bits per heavy atom. The summed E-state index contributed by atoms with van der Waals surface area (Å²) in [5, 5.41) is 4.69. The van der Waals surface area contributed by atoms with E-state index in [2.05, 4.69) is 15.1 Å². The predicted octanol–water partition coefficient (Wildman–Crippen LogP) is 3.19. The van der Waals surface area contributed by atoms with E-state index in [4.69, 9.17) is 9.47 Å². The van der Waals surface area contributed by atoms with Crippen molar-refractivity contribution in [1.82, 2.24) is 24.6 Å². The fourth-order valence-electron chi connectivity index (χ4n) is 3.25. The van der Waals surface area contributed by atoms with Crippen molar-refractivity contribution in [2.75, 3.05) is 20.3 Å². The van der Waals surface area contributed by atoms with Crippen molar-refractivity contribution in [3.8, 4) is 17.3 Å². The highest BCUT2D eigenvalue weighted by Gasteiger charge is 2.22. The number of fused-ring (bicyclic) bond motifs is 2. The van der Waals surface area contributed by atoms with Gasteiger partial charge in [0.15, 0.2) is 5.82 Å². The van der Waals surface area contributed by atoms with Crippen molar-refractivity contribution in [3.63, 3.8) is 0 Å². The second kappa shape index (κ2) is 7.30. The van der Waals surface area contributed by atoms with Crippen LogP contribution in [0.4, 0.5) is 4.79 Å². The maximum atomic E-state index is 12.2. The summed E-state index contributed by atoms with van der Waals surface area (Å²) in [5.74, 6) is 1.48. The van der Waals surface area contributed by atoms with E-state index in [1.165, 1.54) is 0 Å². The number of aromatic nitrogens is 4. The number of nitrogens with zero attached hydrogens (tertiary/aromatic N) is 4. The third kappa shape index (κ3) is 3.47. The Balaban J connectivity index is 1.59. The lowest BCUT2D eigenvalue weighted by molar-refractivity contribution is 0.100. The Labute approximate surface area is 157 Å². The second-order valence-corrected chi connectivity index (χ2v) is 6.60. The molecule has 8 nitrogen and oxygen atoms in total. The molecule has 0 aliphatic carbocycles. The number of ether oxygens (including phenoxy) is 2. The average molecular weight is 369 g/mol. The Bertz CT molecular complexity index is 962. The molecule has 1 aliphatic heterocycles. The second-order valence-electron chi connectivity index (χ2n) is 6.60. The number of carbonyl (C=O) groups is 1. The Morgan fingerprint density at radius 1 is 1.30 bits per heavy atom. The van der Waals surface area contributed by atoms with Gasteiger partial charge in [-0.25, -0.2) is 9.78 Å². The maximum Gasteiger partial charge on any atom is 0.410 e. The van der Waals surface area contributed by atoms with Crippen LogP contribution >= 0.6 is 0 Å². The number of aryl methyl sites for hydroxylation is 1. The van der Waals surface area contributed by atoms with Crippen molar-refractivity contribution < 1.29 is 14.3 Å². The number of methoxy groups -OCH3 is 1. The van der Waals surface area contributed by atoms with Gasteiger partial charge in [-0.1, -0.05) is 6.92 Å². The van der Waals surface area contributed by atoms with Gasteiger partial charge in [0, 0.05) is 19.2 Å². The molecule has 3 heterocycles. The fraction of sp³-hybridized carbons (Fsp3) is 0.421. The van der Waals surface area contributed by atoms with E-state index in [0.717, 1.165) is 47.6 Å². The molecule has 2 aromatic heterocycles. The summed E-state index contributed by atoms with van der Waals surface area (Å²) < 4.78 is 12.5. The molecule has 0 unspecified atom stereocenters. The quantitative estimate of drug-likeness (QED) is 0.763. The molecule has 0 fully saturated rings. The highest BCUT2D eigenvalue weighted by atomic mass is 16.6. The molecule has 4 rings (SSSR count). The molecule has 1 amide bonds. The van der Waals surface area contributed by atoms with Crippen LogP contribution in [-0.4, -0.2) is 51.0 Å². The lowest BCUT2D eigenvalue weighted by Gasteiger charge is -2.19. The zero-order chi connectivity index (χ0) is 18.8. The highest BCUT2D eigenvalue weighted by Crippen LogP contribution is 2.25. The minimum absolute atomic E-state index is 0.260. The zero-order valence-corrected chi connectivity index (χ0v) is 15.6. The standard InChI is InChI=1S/C19H23N5O3/c1-3-9-27-19(25)23-7-4-8-24-13(12-23)10-17(22-24)18-20-15-6-5-14(26-2)11-16(15)21-18/h5-6,10-11H,3-4,7-9,12H2,1-2H3,(H,20,21). The summed E-state index contributed by atoms with van der Waals surface area (Å²) >= 11 is 0. The number of amides is 1. The summed E-state index contributed by atoms with van der Waals surface area (Å²) in [7, 11) is 1.64. The number of rotatable bonds is 4. The molecule has 0 bridgehead atoms. The van der Waals surface area contributed by atoms with Crippen LogP contribution in [0.5, 0.6) is 5.75 Å². The lowest BCUT2D eigenvalue weighted by Crippen LogP contribution is -2.31. The van der Waals surface area contributed by atoms with Crippen LogP contribution in [0.2, 0.25) is 0 Å². The normalized spacial score (nSPS) is 14.1. The monoisotopic (exact) mass is 369 g/mol. The summed E-state index contributed by atoms with van der Waals surface area (Å²) in [6.07, 6.45) is 1.40. The van der Waals surface area contributed by atoms with Crippen LogP contribution in [0.1, 0.15) is 25.5 Å². The summed E-state index contributed by atoms with van der Waals surface area (Å²) in [5.41, 5.74) is 3.51. The molecule has 1 N–H and O–H groups in total. The summed E-state index contributed by atoms with van der Waals surface area (Å²) in [6.45, 7) is 4.36. The molecule has 142 valence electrons. The van der Waals surface area contributed by atoms with Crippen molar-refractivity contribution in [1.29, 1.82) is 0 Å². The minimum atomic E-state index is -0.260. The summed E-state index contributed by atoms with van der Waals surface area (Å²) in [4.78, 5) is 21.9. The van der Waals surface area contributed by atoms with Crippen LogP contribution in [0.15, 0.2) is 24.3 Å². The zero-order valence-electron chi connectivity index (χ0n) is 15.6. The molecule has 0 spiro atoms. The van der Waals surface area contributed by atoms with E-state index >= 15 is 0 Å². The first-order chi connectivity index (χ1) is 13.2.